The number of hydrogen-bond acceptors (Lipinski definition) is 3. The van der Waals surface area contributed by atoms with Crippen LogP contribution in [-0.2, 0) is 16.8 Å². The maximum Gasteiger partial charge on any atom is 0.282 e. The highest BCUT2D eigenvalue weighted by Crippen LogP contribution is 2.22. The zero-order valence-corrected chi connectivity index (χ0v) is 13.6. The predicted octanol–water partition coefficient (Wildman–Crippen LogP) is 2.07. The van der Waals surface area contributed by atoms with Gasteiger partial charge in [-0.05, 0) is 36.5 Å². The van der Waals surface area contributed by atoms with Crippen LogP contribution >= 0.6 is 0 Å². The average Bonchev–Trinajstić information content (AvgIpc) is 2.46. The summed E-state index contributed by atoms with van der Waals surface area (Å²) in [5, 5.41) is 0. The molecule has 2 rings (SSSR count). The number of rotatable bonds is 5. The van der Waals surface area contributed by atoms with Crippen LogP contribution in [0.3, 0.4) is 0 Å². The van der Waals surface area contributed by atoms with Crippen molar-refractivity contribution in [2.24, 2.45) is 5.92 Å². The lowest BCUT2D eigenvalue weighted by Crippen LogP contribution is -2.47. The molecule has 0 spiro atoms. The van der Waals surface area contributed by atoms with Crippen molar-refractivity contribution >= 4 is 15.9 Å². The van der Waals surface area contributed by atoms with Gasteiger partial charge in [-0.15, -0.1) is 0 Å². The van der Waals surface area contributed by atoms with Gasteiger partial charge in [-0.2, -0.15) is 17.0 Å². The largest absolute Gasteiger partial charge is 0.399 e. The quantitative estimate of drug-likeness (QED) is 0.847. The molecule has 0 aromatic heterocycles. The molecule has 1 saturated heterocycles. The molecule has 2 N–H and O–H groups in total. The van der Waals surface area contributed by atoms with Gasteiger partial charge in [-0.3, -0.25) is 0 Å². The van der Waals surface area contributed by atoms with Crippen molar-refractivity contribution in [2.75, 3.05) is 25.4 Å². The molecule has 5 nitrogen and oxygen atoms in total. The van der Waals surface area contributed by atoms with E-state index in [1.54, 1.807) is 16.4 Å². The summed E-state index contributed by atoms with van der Waals surface area (Å²) in [6.07, 6.45) is 2.05. The number of benzene rings is 1. The summed E-state index contributed by atoms with van der Waals surface area (Å²) in [7, 11) is -3.38. The highest BCUT2D eigenvalue weighted by molar-refractivity contribution is 7.86. The number of nitrogens with two attached hydrogens (primary N) is 1. The van der Waals surface area contributed by atoms with Gasteiger partial charge in [0.2, 0.25) is 0 Å². The summed E-state index contributed by atoms with van der Waals surface area (Å²) in [6.45, 7) is 6.10. The Balaban J connectivity index is 2.13. The lowest BCUT2D eigenvalue weighted by Gasteiger charge is -2.34. The average molecular weight is 311 g/mol. The van der Waals surface area contributed by atoms with E-state index in [9.17, 15) is 8.42 Å². The van der Waals surface area contributed by atoms with Gasteiger partial charge in [-0.25, -0.2) is 0 Å². The summed E-state index contributed by atoms with van der Waals surface area (Å²) in [5.74, 6) is 0.434. The number of nitrogen functional groups attached to an aromatic ring is 1. The molecule has 0 saturated carbocycles. The molecule has 1 heterocycles. The van der Waals surface area contributed by atoms with Crippen molar-refractivity contribution in [3.05, 3.63) is 29.8 Å². The first-order valence-corrected chi connectivity index (χ1v) is 8.92. The molecule has 1 unspecified atom stereocenters. The molecule has 1 aromatic carbocycles. The Morgan fingerprint density at radius 3 is 2.57 bits per heavy atom. The fourth-order valence-corrected chi connectivity index (χ4v) is 4.47. The standard InChI is InChI=1S/C15H25N3O2S/c1-3-17(12-14-6-8-15(16)9-7-14)21(19,20)18-10-4-5-13(2)11-18/h6-9,13H,3-5,10-12,16H2,1-2H3. The predicted molar refractivity (Wildman–Crippen MR) is 85.8 cm³/mol. The zero-order valence-electron chi connectivity index (χ0n) is 12.8. The Hall–Kier alpha value is -1.11. The van der Waals surface area contributed by atoms with Gasteiger partial charge >= 0.3 is 0 Å². The van der Waals surface area contributed by atoms with Crippen LogP contribution < -0.4 is 5.73 Å². The molecular weight excluding hydrogens is 286 g/mol. The topological polar surface area (TPSA) is 66.6 Å². The van der Waals surface area contributed by atoms with Gasteiger partial charge in [-0.1, -0.05) is 26.0 Å². The third-order valence-corrected chi connectivity index (χ3v) is 5.99. The lowest BCUT2D eigenvalue weighted by atomic mass is 10.0. The molecule has 0 aliphatic carbocycles. The van der Waals surface area contributed by atoms with Crippen molar-refractivity contribution in [1.82, 2.24) is 8.61 Å². The third-order valence-electron chi connectivity index (χ3n) is 3.96. The Morgan fingerprint density at radius 2 is 2.00 bits per heavy atom. The Kier molecular flexibility index (Phi) is 5.24. The van der Waals surface area contributed by atoms with Gasteiger partial charge in [0.25, 0.3) is 10.2 Å². The van der Waals surface area contributed by atoms with E-state index < -0.39 is 10.2 Å². The van der Waals surface area contributed by atoms with E-state index in [2.05, 4.69) is 6.92 Å². The lowest BCUT2D eigenvalue weighted by molar-refractivity contribution is 0.257. The molecular formula is C15H25N3O2S. The monoisotopic (exact) mass is 311 g/mol. The molecule has 1 aromatic rings. The molecule has 1 atom stereocenters. The van der Waals surface area contributed by atoms with Crippen molar-refractivity contribution in [3.8, 4) is 0 Å². The molecule has 1 aliphatic rings. The molecule has 0 radical (unpaired) electrons. The minimum Gasteiger partial charge on any atom is -0.399 e. The second kappa shape index (κ2) is 6.77. The molecule has 0 amide bonds. The normalized spacial score (nSPS) is 20.8. The smallest absolute Gasteiger partial charge is 0.282 e. The second-order valence-corrected chi connectivity index (χ2v) is 7.71. The van der Waals surface area contributed by atoms with Crippen molar-refractivity contribution in [1.29, 1.82) is 0 Å². The van der Waals surface area contributed by atoms with Crippen LogP contribution in [-0.4, -0.2) is 36.7 Å². The first-order chi connectivity index (χ1) is 9.93. The summed E-state index contributed by atoms with van der Waals surface area (Å²) >= 11 is 0. The fourth-order valence-electron chi connectivity index (χ4n) is 2.70. The number of piperidine rings is 1. The second-order valence-electron chi connectivity index (χ2n) is 5.78. The summed E-state index contributed by atoms with van der Waals surface area (Å²) < 4.78 is 28.7. The van der Waals surface area contributed by atoms with E-state index in [0.29, 0.717) is 37.8 Å². The Morgan fingerprint density at radius 1 is 1.33 bits per heavy atom. The highest BCUT2D eigenvalue weighted by Gasteiger charge is 2.31. The SMILES string of the molecule is CCN(Cc1ccc(N)cc1)S(=O)(=O)N1CCCC(C)C1. The van der Waals surface area contributed by atoms with E-state index >= 15 is 0 Å². The van der Waals surface area contributed by atoms with Crippen LogP contribution in [0.15, 0.2) is 24.3 Å². The van der Waals surface area contributed by atoms with Crippen LogP contribution in [0.25, 0.3) is 0 Å². The third kappa shape index (κ3) is 3.96. The van der Waals surface area contributed by atoms with Crippen LogP contribution in [0.1, 0.15) is 32.3 Å². The minimum atomic E-state index is -3.38. The van der Waals surface area contributed by atoms with Crippen LogP contribution in [0.4, 0.5) is 5.69 Å². The number of nitrogens with zero attached hydrogens (tertiary/aromatic N) is 2. The molecule has 21 heavy (non-hydrogen) atoms. The van der Waals surface area contributed by atoms with Crippen molar-refractivity contribution in [3.63, 3.8) is 0 Å². The van der Waals surface area contributed by atoms with E-state index in [1.165, 1.54) is 4.31 Å². The molecule has 118 valence electrons. The number of hydrogen-bond donors (Lipinski definition) is 1. The summed E-state index contributed by atoms with van der Waals surface area (Å²) in [4.78, 5) is 0. The van der Waals surface area contributed by atoms with E-state index in [-0.39, 0.29) is 0 Å². The van der Waals surface area contributed by atoms with Crippen LogP contribution in [0, 0.1) is 5.92 Å². The van der Waals surface area contributed by atoms with Crippen LogP contribution in [0.5, 0.6) is 0 Å². The van der Waals surface area contributed by atoms with E-state index in [4.69, 9.17) is 5.73 Å². The van der Waals surface area contributed by atoms with Gasteiger partial charge in [0, 0.05) is 31.9 Å². The van der Waals surface area contributed by atoms with Gasteiger partial charge in [0.05, 0.1) is 0 Å². The van der Waals surface area contributed by atoms with E-state index in [1.807, 2.05) is 19.1 Å². The molecule has 6 heteroatoms. The van der Waals surface area contributed by atoms with Crippen molar-refractivity contribution < 1.29 is 8.42 Å². The minimum absolute atomic E-state index is 0.393. The number of anilines is 1. The Labute approximate surface area is 127 Å². The van der Waals surface area contributed by atoms with Gasteiger partial charge < -0.3 is 5.73 Å². The molecule has 1 aliphatic heterocycles. The first kappa shape index (κ1) is 16.3. The first-order valence-electron chi connectivity index (χ1n) is 7.53. The fraction of sp³-hybridized carbons (Fsp3) is 0.600. The highest BCUT2D eigenvalue weighted by atomic mass is 32.2. The molecule has 0 bridgehead atoms. The molecule has 1 fully saturated rings. The van der Waals surface area contributed by atoms with Gasteiger partial charge in [0.15, 0.2) is 0 Å². The Bertz CT molecular complexity index is 557. The van der Waals surface area contributed by atoms with Gasteiger partial charge in [0.1, 0.15) is 0 Å². The maximum atomic E-state index is 12.8. The van der Waals surface area contributed by atoms with Crippen molar-refractivity contribution in [2.45, 2.75) is 33.2 Å². The zero-order chi connectivity index (χ0) is 15.5. The van der Waals surface area contributed by atoms with E-state index in [0.717, 1.165) is 18.4 Å². The summed E-state index contributed by atoms with van der Waals surface area (Å²) in [5.41, 5.74) is 7.32. The van der Waals surface area contributed by atoms with Crippen LogP contribution in [0.2, 0.25) is 0 Å². The maximum absolute atomic E-state index is 12.8. The summed E-state index contributed by atoms with van der Waals surface area (Å²) in [6, 6.07) is 7.37.